The summed E-state index contributed by atoms with van der Waals surface area (Å²) in [5.41, 5.74) is 1.03. The zero-order valence-electron chi connectivity index (χ0n) is 16.8. The topological polar surface area (TPSA) is 60.4 Å². The third kappa shape index (κ3) is 5.29. The lowest BCUT2D eigenvalue weighted by atomic mass is 10.2. The Hall–Kier alpha value is -1.99. The summed E-state index contributed by atoms with van der Waals surface area (Å²) in [6.45, 7) is 6.42. The van der Waals surface area contributed by atoms with E-state index < -0.39 is 0 Å². The van der Waals surface area contributed by atoms with Gasteiger partial charge in [0.25, 0.3) is 0 Å². The summed E-state index contributed by atoms with van der Waals surface area (Å²) in [7, 11) is 3.44. The van der Waals surface area contributed by atoms with Crippen LogP contribution in [0.3, 0.4) is 0 Å². The van der Waals surface area contributed by atoms with Crippen LogP contribution in [0.1, 0.15) is 18.4 Å². The van der Waals surface area contributed by atoms with Crippen molar-refractivity contribution in [3.63, 3.8) is 0 Å². The number of nitrogens with one attached hydrogen (secondary N) is 1. The molecule has 154 valence electrons. The highest BCUT2D eigenvalue weighted by Gasteiger charge is 2.24. The first kappa shape index (κ1) is 20.7. The summed E-state index contributed by atoms with van der Waals surface area (Å²) in [4.78, 5) is 23.2. The minimum atomic E-state index is 0.267. The van der Waals surface area contributed by atoms with Crippen molar-refractivity contribution < 1.29 is 9.53 Å². The maximum Gasteiger partial charge on any atom is 0.236 e. The van der Waals surface area contributed by atoms with Crippen molar-refractivity contribution in [2.45, 2.75) is 19.4 Å². The number of rotatable bonds is 5. The molecule has 0 aromatic heterocycles. The lowest BCUT2D eigenvalue weighted by Crippen LogP contribution is -2.54. The average molecular weight is 408 g/mol. The summed E-state index contributed by atoms with van der Waals surface area (Å²) in [6, 6.07) is 5.64. The molecule has 1 N–H and O–H groups in total. The lowest BCUT2D eigenvalue weighted by molar-refractivity contribution is -0.131. The monoisotopic (exact) mass is 407 g/mol. The Labute approximate surface area is 172 Å². The second kappa shape index (κ2) is 9.98. The van der Waals surface area contributed by atoms with Crippen molar-refractivity contribution in [2.75, 3.05) is 60.0 Å². The number of guanidine groups is 1. The third-order valence-corrected chi connectivity index (χ3v) is 5.62. The number of carbonyl (C=O) groups is 1. The van der Waals surface area contributed by atoms with Gasteiger partial charge in [0.2, 0.25) is 5.91 Å². The van der Waals surface area contributed by atoms with E-state index in [9.17, 15) is 4.79 Å². The smallest absolute Gasteiger partial charge is 0.236 e. The largest absolute Gasteiger partial charge is 0.496 e. The van der Waals surface area contributed by atoms with Crippen molar-refractivity contribution >= 4 is 23.5 Å². The number of likely N-dealkylation sites (tertiary alicyclic amines) is 1. The number of aliphatic imine (C=N–C) groups is 1. The first-order chi connectivity index (χ1) is 13.6. The number of ether oxygens (including phenoxy) is 1. The zero-order valence-corrected chi connectivity index (χ0v) is 17.5. The van der Waals surface area contributed by atoms with E-state index in [4.69, 9.17) is 16.3 Å². The van der Waals surface area contributed by atoms with Gasteiger partial charge in [0.1, 0.15) is 5.75 Å². The number of benzene rings is 1. The number of nitrogens with zero attached hydrogens (tertiary/aromatic N) is 4. The Bertz CT molecular complexity index is 698. The van der Waals surface area contributed by atoms with E-state index in [2.05, 4.69) is 20.1 Å². The average Bonchev–Trinajstić information content (AvgIpc) is 3.25. The highest BCUT2D eigenvalue weighted by atomic mass is 35.5. The molecule has 2 aliphatic heterocycles. The lowest BCUT2D eigenvalue weighted by Gasteiger charge is -2.36. The van der Waals surface area contributed by atoms with Crippen LogP contribution < -0.4 is 10.1 Å². The Balaban J connectivity index is 1.48. The molecule has 2 saturated heterocycles. The molecule has 7 nitrogen and oxygen atoms in total. The summed E-state index contributed by atoms with van der Waals surface area (Å²) in [5.74, 6) is 1.89. The number of carbonyl (C=O) groups excluding carboxylic acids is 1. The molecular formula is C20H30ClN5O2. The fraction of sp³-hybridized carbons (Fsp3) is 0.600. The van der Waals surface area contributed by atoms with Gasteiger partial charge >= 0.3 is 0 Å². The molecule has 3 rings (SSSR count). The van der Waals surface area contributed by atoms with Crippen molar-refractivity contribution in [2.24, 2.45) is 4.99 Å². The molecule has 0 saturated carbocycles. The standard InChI is InChI=1S/C20H30ClN5O2/c1-22-20(23-14-16-5-6-17(21)13-18(16)28-2)26-11-9-24(10-12-26)15-19(27)25-7-3-4-8-25/h5-6,13H,3-4,7-12,14-15H2,1-2H3,(H,22,23). The number of hydrogen-bond donors (Lipinski definition) is 1. The van der Waals surface area contributed by atoms with E-state index in [1.54, 1.807) is 14.2 Å². The molecule has 0 unspecified atom stereocenters. The maximum atomic E-state index is 12.3. The minimum Gasteiger partial charge on any atom is -0.496 e. The number of amides is 1. The van der Waals surface area contributed by atoms with Crippen molar-refractivity contribution in [3.05, 3.63) is 28.8 Å². The second-order valence-electron chi connectivity index (χ2n) is 7.21. The Morgan fingerprint density at radius 1 is 1.14 bits per heavy atom. The molecule has 2 heterocycles. The van der Waals surface area contributed by atoms with Crippen LogP contribution in [0.15, 0.2) is 23.2 Å². The molecule has 2 aliphatic rings. The Morgan fingerprint density at radius 3 is 2.50 bits per heavy atom. The van der Waals surface area contributed by atoms with Crippen LogP contribution in [-0.2, 0) is 11.3 Å². The summed E-state index contributed by atoms with van der Waals surface area (Å²) < 4.78 is 5.41. The van der Waals surface area contributed by atoms with Crippen LogP contribution >= 0.6 is 11.6 Å². The van der Waals surface area contributed by atoms with Crippen LogP contribution in [0.25, 0.3) is 0 Å². The number of piperazine rings is 1. The number of methoxy groups -OCH3 is 1. The van der Waals surface area contributed by atoms with E-state index in [1.807, 2.05) is 23.1 Å². The van der Waals surface area contributed by atoms with Crippen molar-refractivity contribution in [3.8, 4) is 5.75 Å². The minimum absolute atomic E-state index is 0.267. The molecule has 2 fully saturated rings. The van der Waals surface area contributed by atoms with Crippen LogP contribution in [-0.4, -0.2) is 86.5 Å². The van der Waals surface area contributed by atoms with Gasteiger partial charge in [0, 0.05) is 63.4 Å². The van der Waals surface area contributed by atoms with Gasteiger partial charge in [-0.05, 0) is 25.0 Å². The molecule has 0 atom stereocenters. The van der Waals surface area contributed by atoms with Gasteiger partial charge in [-0.2, -0.15) is 0 Å². The SMILES string of the molecule is CN=C(NCc1ccc(Cl)cc1OC)N1CCN(CC(=O)N2CCCC2)CC1. The highest BCUT2D eigenvalue weighted by Crippen LogP contribution is 2.23. The predicted molar refractivity (Wildman–Crippen MR) is 112 cm³/mol. The molecule has 0 bridgehead atoms. The van der Waals surface area contributed by atoms with Gasteiger partial charge in [-0.15, -0.1) is 0 Å². The maximum absolute atomic E-state index is 12.3. The van der Waals surface area contributed by atoms with E-state index in [-0.39, 0.29) is 5.91 Å². The molecule has 0 spiro atoms. The normalized spacial score (nSPS) is 18.5. The van der Waals surface area contributed by atoms with E-state index in [0.717, 1.165) is 69.4 Å². The van der Waals surface area contributed by atoms with Gasteiger partial charge in [-0.25, -0.2) is 0 Å². The highest BCUT2D eigenvalue weighted by molar-refractivity contribution is 6.30. The van der Waals surface area contributed by atoms with Gasteiger partial charge in [-0.3, -0.25) is 14.7 Å². The van der Waals surface area contributed by atoms with Crippen molar-refractivity contribution in [1.29, 1.82) is 0 Å². The van der Waals surface area contributed by atoms with Gasteiger partial charge in [0.05, 0.1) is 13.7 Å². The fourth-order valence-electron chi connectivity index (χ4n) is 3.75. The van der Waals surface area contributed by atoms with Crippen LogP contribution in [0, 0.1) is 0 Å². The molecule has 8 heteroatoms. The summed E-state index contributed by atoms with van der Waals surface area (Å²) >= 11 is 6.03. The van der Waals surface area contributed by atoms with Crippen LogP contribution in [0.4, 0.5) is 0 Å². The number of hydrogen-bond acceptors (Lipinski definition) is 4. The van der Waals surface area contributed by atoms with Crippen molar-refractivity contribution in [1.82, 2.24) is 20.0 Å². The molecule has 1 aromatic rings. The Morgan fingerprint density at radius 2 is 1.86 bits per heavy atom. The zero-order chi connectivity index (χ0) is 19.9. The quantitative estimate of drug-likeness (QED) is 0.594. The van der Waals surface area contributed by atoms with E-state index >= 15 is 0 Å². The molecule has 1 aromatic carbocycles. The molecule has 0 aliphatic carbocycles. The summed E-state index contributed by atoms with van der Waals surface area (Å²) in [6.07, 6.45) is 2.28. The molecular weight excluding hydrogens is 378 g/mol. The van der Waals surface area contributed by atoms with Gasteiger partial charge < -0.3 is 19.9 Å². The van der Waals surface area contributed by atoms with Gasteiger partial charge in [0.15, 0.2) is 5.96 Å². The summed E-state index contributed by atoms with van der Waals surface area (Å²) in [5, 5.41) is 4.07. The van der Waals surface area contributed by atoms with Crippen LogP contribution in [0.2, 0.25) is 5.02 Å². The third-order valence-electron chi connectivity index (χ3n) is 5.39. The molecule has 1 amide bonds. The van der Waals surface area contributed by atoms with Gasteiger partial charge in [-0.1, -0.05) is 17.7 Å². The predicted octanol–water partition coefficient (Wildman–Crippen LogP) is 1.66. The molecule has 0 radical (unpaired) electrons. The first-order valence-corrected chi connectivity index (χ1v) is 10.3. The van der Waals surface area contributed by atoms with E-state index in [1.165, 1.54) is 0 Å². The number of halogens is 1. The Kier molecular flexibility index (Phi) is 7.39. The van der Waals surface area contributed by atoms with E-state index in [0.29, 0.717) is 18.1 Å². The fourth-order valence-corrected chi connectivity index (χ4v) is 3.91. The molecule has 28 heavy (non-hydrogen) atoms. The second-order valence-corrected chi connectivity index (χ2v) is 7.64. The van der Waals surface area contributed by atoms with Crippen LogP contribution in [0.5, 0.6) is 5.75 Å². The first-order valence-electron chi connectivity index (χ1n) is 9.89.